The molecule has 5 rings (SSSR count). The van der Waals surface area contributed by atoms with Crippen molar-refractivity contribution in [2.45, 2.75) is 39.7 Å². The Labute approximate surface area is 160 Å². The molecule has 1 atom stereocenters. The van der Waals surface area contributed by atoms with E-state index in [1.54, 1.807) is 16.0 Å². The van der Waals surface area contributed by atoms with Crippen molar-refractivity contribution in [3.8, 4) is 10.7 Å². The van der Waals surface area contributed by atoms with E-state index in [0.717, 1.165) is 34.1 Å². The Balaban J connectivity index is 1.69. The molecular formula is C20H20N4O2S. The molecule has 3 aromatic rings. The van der Waals surface area contributed by atoms with Crippen molar-refractivity contribution < 1.29 is 9.21 Å². The molecule has 0 amide bonds. The van der Waals surface area contributed by atoms with E-state index in [0.29, 0.717) is 18.2 Å². The van der Waals surface area contributed by atoms with Crippen molar-refractivity contribution in [3.63, 3.8) is 0 Å². The number of nitrogens with one attached hydrogen (secondary N) is 1. The number of fused-ring (bicyclic) bond motifs is 1. The maximum atomic E-state index is 13.1. The molecule has 0 saturated heterocycles. The van der Waals surface area contributed by atoms with E-state index in [1.165, 1.54) is 0 Å². The molecule has 1 N–H and O–H groups in total. The summed E-state index contributed by atoms with van der Waals surface area (Å²) in [6, 6.07) is 7.45. The van der Waals surface area contributed by atoms with Gasteiger partial charge in [-0.25, -0.2) is 4.68 Å². The molecule has 1 aliphatic carbocycles. The highest BCUT2D eigenvalue weighted by Crippen LogP contribution is 2.46. The SMILES string of the molecule is Cc1ccc(C2C3=C(CC(C)(C)CC3=O)Nc3nc(-c4cccs4)nn32)o1. The van der Waals surface area contributed by atoms with Crippen molar-refractivity contribution >= 4 is 23.1 Å². The fourth-order valence-corrected chi connectivity index (χ4v) is 4.64. The lowest BCUT2D eigenvalue weighted by Gasteiger charge is -2.37. The maximum absolute atomic E-state index is 13.1. The number of hydrogen-bond donors (Lipinski definition) is 1. The fraction of sp³-hybridized carbons (Fsp3) is 0.350. The van der Waals surface area contributed by atoms with Gasteiger partial charge in [-0.3, -0.25) is 4.79 Å². The highest BCUT2D eigenvalue weighted by atomic mass is 32.1. The topological polar surface area (TPSA) is 73.0 Å². The van der Waals surface area contributed by atoms with E-state index in [-0.39, 0.29) is 17.2 Å². The van der Waals surface area contributed by atoms with E-state index in [1.807, 2.05) is 36.6 Å². The number of Topliss-reactive ketones (excluding diaryl/α,β-unsaturated/α-hetero) is 1. The Hall–Kier alpha value is -2.67. The number of hydrogen-bond acceptors (Lipinski definition) is 6. The summed E-state index contributed by atoms with van der Waals surface area (Å²) >= 11 is 1.60. The zero-order chi connectivity index (χ0) is 18.8. The highest BCUT2D eigenvalue weighted by molar-refractivity contribution is 7.13. The van der Waals surface area contributed by atoms with Gasteiger partial charge in [0.25, 0.3) is 0 Å². The second-order valence-corrected chi connectivity index (χ2v) is 8.94. The molecule has 2 aliphatic rings. The average molecular weight is 380 g/mol. The van der Waals surface area contributed by atoms with Crippen LogP contribution >= 0.6 is 11.3 Å². The van der Waals surface area contributed by atoms with Gasteiger partial charge in [-0.1, -0.05) is 19.9 Å². The summed E-state index contributed by atoms with van der Waals surface area (Å²) in [6.07, 6.45) is 1.32. The third-order valence-electron chi connectivity index (χ3n) is 5.10. The van der Waals surface area contributed by atoms with Crippen LogP contribution in [0.25, 0.3) is 10.7 Å². The molecular weight excluding hydrogens is 360 g/mol. The van der Waals surface area contributed by atoms with Crippen LogP contribution < -0.4 is 5.32 Å². The number of carbonyl (C=O) groups excluding carboxylic acids is 1. The first-order chi connectivity index (χ1) is 12.9. The third kappa shape index (κ3) is 2.65. The molecule has 7 heteroatoms. The zero-order valence-corrected chi connectivity index (χ0v) is 16.3. The van der Waals surface area contributed by atoms with E-state index in [9.17, 15) is 4.79 Å². The first kappa shape index (κ1) is 16.5. The second-order valence-electron chi connectivity index (χ2n) is 7.99. The summed E-state index contributed by atoms with van der Waals surface area (Å²) in [5, 5.41) is 10.1. The molecule has 0 fully saturated rings. The van der Waals surface area contributed by atoms with Gasteiger partial charge in [0.05, 0.1) is 4.88 Å². The highest BCUT2D eigenvalue weighted by Gasteiger charge is 2.43. The van der Waals surface area contributed by atoms with Gasteiger partial charge >= 0.3 is 0 Å². The molecule has 4 heterocycles. The van der Waals surface area contributed by atoms with Gasteiger partial charge in [-0.15, -0.1) is 16.4 Å². The lowest BCUT2D eigenvalue weighted by atomic mass is 9.73. The second kappa shape index (κ2) is 5.66. The van der Waals surface area contributed by atoms with Crippen LogP contribution in [-0.2, 0) is 4.79 Å². The van der Waals surface area contributed by atoms with Crippen molar-refractivity contribution in [2.75, 3.05) is 5.32 Å². The summed E-state index contributed by atoms with van der Waals surface area (Å²) in [5.41, 5.74) is 1.61. The lowest BCUT2D eigenvalue weighted by molar-refractivity contribution is -0.118. The molecule has 0 aromatic carbocycles. The van der Waals surface area contributed by atoms with E-state index in [2.05, 4.69) is 19.2 Å². The molecule has 0 bridgehead atoms. The third-order valence-corrected chi connectivity index (χ3v) is 5.97. The quantitative estimate of drug-likeness (QED) is 0.705. The molecule has 0 radical (unpaired) electrons. The molecule has 138 valence electrons. The van der Waals surface area contributed by atoms with Crippen molar-refractivity contribution in [3.05, 3.63) is 52.4 Å². The van der Waals surface area contributed by atoms with E-state index in [4.69, 9.17) is 14.5 Å². The lowest BCUT2D eigenvalue weighted by Crippen LogP contribution is -2.36. The van der Waals surface area contributed by atoms with Gasteiger partial charge in [-0.2, -0.15) is 4.98 Å². The maximum Gasteiger partial charge on any atom is 0.227 e. The average Bonchev–Trinajstić information content (AvgIpc) is 3.31. The molecule has 3 aromatic heterocycles. The number of ketones is 1. The van der Waals surface area contributed by atoms with Crippen molar-refractivity contribution in [1.82, 2.24) is 14.8 Å². The monoisotopic (exact) mass is 380 g/mol. The van der Waals surface area contributed by atoms with Gasteiger partial charge in [0.2, 0.25) is 5.95 Å². The van der Waals surface area contributed by atoms with Gasteiger partial charge < -0.3 is 9.73 Å². The van der Waals surface area contributed by atoms with Gasteiger partial charge in [0, 0.05) is 17.7 Å². The van der Waals surface area contributed by atoms with Crippen molar-refractivity contribution in [2.24, 2.45) is 5.41 Å². The number of aryl methyl sites for hydroxylation is 1. The number of aromatic nitrogens is 3. The first-order valence-corrected chi connectivity index (χ1v) is 9.89. The van der Waals surface area contributed by atoms with Gasteiger partial charge in [-0.05, 0) is 42.3 Å². The van der Waals surface area contributed by atoms with Crippen molar-refractivity contribution in [1.29, 1.82) is 0 Å². The smallest absolute Gasteiger partial charge is 0.227 e. The molecule has 0 spiro atoms. The Morgan fingerprint density at radius 3 is 2.85 bits per heavy atom. The number of anilines is 1. The molecule has 1 unspecified atom stereocenters. The van der Waals surface area contributed by atoms with Crippen LogP contribution in [0.4, 0.5) is 5.95 Å². The molecule has 6 nitrogen and oxygen atoms in total. The summed E-state index contributed by atoms with van der Waals surface area (Å²) in [5.74, 6) is 2.99. The summed E-state index contributed by atoms with van der Waals surface area (Å²) in [7, 11) is 0. The van der Waals surface area contributed by atoms with Crippen LogP contribution in [0, 0.1) is 12.3 Å². The Bertz CT molecular complexity index is 1070. The summed E-state index contributed by atoms with van der Waals surface area (Å²) in [6.45, 7) is 6.16. The van der Waals surface area contributed by atoms with Crippen LogP contribution in [0.2, 0.25) is 0 Å². The molecule has 0 saturated carbocycles. The number of rotatable bonds is 2. The number of carbonyl (C=O) groups is 1. The minimum atomic E-state index is -0.380. The first-order valence-electron chi connectivity index (χ1n) is 9.01. The minimum Gasteiger partial charge on any atom is -0.464 e. The number of nitrogens with zero attached hydrogens (tertiary/aromatic N) is 3. The summed E-state index contributed by atoms with van der Waals surface area (Å²) in [4.78, 5) is 18.8. The largest absolute Gasteiger partial charge is 0.464 e. The van der Waals surface area contributed by atoms with E-state index < -0.39 is 0 Å². The molecule has 27 heavy (non-hydrogen) atoms. The van der Waals surface area contributed by atoms with Crippen LogP contribution in [0.3, 0.4) is 0 Å². The predicted octanol–water partition coefficient (Wildman–Crippen LogP) is 4.57. The Morgan fingerprint density at radius 2 is 2.15 bits per heavy atom. The zero-order valence-electron chi connectivity index (χ0n) is 15.4. The van der Waals surface area contributed by atoms with Gasteiger partial charge in [0.1, 0.15) is 17.6 Å². The Kier molecular flexibility index (Phi) is 3.46. The summed E-state index contributed by atoms with van der Waals surface area (Å²) < 4.78 is 7.72. The van der Waals surface area contributed by atoms with Crippen LogP contribution in [0.15, 0.2) is 45.3 Å². The van der Waals surface area contributed by atoms with Gasteiger partial charge in [0.15, 0.2) is 11.6 Å². The predicted molar refractivity (Wildman–Crippen MR) is 104 cm³/mol. The van der Waals surface area contributed by atoms with Crippen LogP contribution in [0.5, 0.6) is 0 Å². The fourth-order valence-electron chi connectivity index (χ4n) is 3.98. The van der Waals surface area contributed by atoms with E-state index >= 15 is 0 Å². The number of furan rings is 1. The standard InChI is InChI=1S/C20H20N4O2S/c1-11-6-7-14(26-11)17-16-12(9-20(2,3)10-13(16)25)21-19-22-18(23-24(17)19)15-5-4-8-27-15/h4-8,17H,9-10H2,1-3H3,(H,21,22,23). The number of allylic oxidation sites excluding steroid dienone is 2. The minimum absolute atomic E-state index is 0.0781. The van der Waals surface area contributed by atoms with Crippen LogP contribution in [-0.4, -0.2) is 20.5 Å². The normalized spacial score (nSPS) is 21.0. The Morgan fingerprint density at radius 1 is 1.30 bits per heavy atom. The molecule has 1 aliphatic heterocycles. The number of thiophene rings is 1. The van der Waals surface area contributed by atoms with Crippen LogP contribution in [0.1, 0.15) is 44.3 Å².